The molecule has 0 unspecified atom stereocenters. The summed E-state index contributed by atoms with van der Waals surface area (Å²) >= 11 is 17.4. The molecule has 108 valence electrons. The van der Waals surface area contributed by atoms with Crippen LogP contribution >= 0.6 is 34.8 Å². The average Bonchev–Trinajstić information content (AvgIpc) is 2.45. The highest BCUT2D eigenvalue weighted by molar-refractivity contribution is 6.49. The summed E-state index contributed by atoms with van der Waals surface area (Å²) in [5.74, 6) is -1.83. The summed E-state index contributed by atoms with van der Waals surface area (Å²) in [7, 11) is 0. The maximum absolute atomic E-state index is 12.0. The standard InChI is InChI=1S/C12H6Cl3N3O3/c13-7-4-17-10(9(15)8(7)14)11(19)18-6-1-5(12(20)21)2-16-3-6/h1-4H,(H,18,19)(H,20,21). The van der Waals surface area contributed by atoms with Gasteiger partial charge in [0.15, 0.2) is 0 Å². The number of carbonyl (C=O) groups is 2. The second kappa shape index (κ2) is 6.26. The molecule has 9 heteroatoms. The third-order valence-corrected chi connectivity index (χ3v) is 3.62. The number of carbonyl (C=O) groups excluding carboxylic acids is 1. The van der Waals surface area contributed by atoms with Gasteiger partial charge in [0, 0.05) is 12.4 Å². The first kappa shape index (κ1) is 15.5. The normalized spacial score (nSPS) is 10.2. The molecule has 1 amide bonds. The average molecular weight is 347 g/mol. The van der Waals surface area contributed by atoms with Crippen molar-refractivity contribution in [3.63, 3.8) is 0 Å². The van der Waals surface area contributed by atoms with Crippen LogP contribution in [-0.4, -0.2) is 27.0 Å². The Morgan fingerprint density at radius 1 is 1.10 bits per heavy atom. The first-order chi connectivity index (χ1) is 9.90. The van der Waals surface area contributed by atoms with Crippen molar-refractivity contribution in [1.29, 1.82) is 0 Å². The molecule has 0 aromatic carbocycles. The molecule has 2 N–H and O–H groups in total. The van der Waals surface area contributed by atoms with Crippen molar-refractivity contribution < 1.29 is 14.7 Å². The lowest BCUT2D eigenvalue weighted by Crippen LogP contribution is -2.15. The molecule has 0 atom stereocenters. The van der Waals surface area contributed by atoms with Crippen molar-refractivity contribution >= 4 is 52.4 Å². The van der Waals surface area contributed by atoms with Crippen molar-refractivity contribution in [3.05, 3.63) is 51.0 Å². The van der Waals surface area contributed by atoms with Crippen LogP contribution in [0.2, 0.25) is 15.1 Å². The third kappa shape index (κ3) is 3.41. The van der Waals surface area contributed by atoms with Gasteiger partial charge in [-0.05, 0) is 6.07 Å². The van der Waals surface area contributed by atoms with E-state index in [0.29, 0.717) is 0 Å². The Morgan fingerprint density at radius 3 is 2.48 bits per heavy atom. The Balaban J connectivity index is 2.28. The number of aromatic nitrogens is 2. The van der Waals surface area contributed by atoms with Crippen molar-refractivity contribution in [2.24, 2.45) is 0 Å². The minimum Gasteiger partial charge on any atom is -0.478 e. The fourth-order valence-electron chi connectivity index (χ4n) is 1.42. The minimum atomic E-state index is -1.16. The topological polar surface area (TPSA) is 92.2 Å². The molecule has 2 aromatic heterocycles. The van der Waals surface area contributed by atoms with Crippen LogP contribution in [0.1, 0.15) is 20.8 Å². The van der Waals surface area contributed by atoms with Gasteiger partial charge in [-0.3, -0.25) is 9.78 Å². The Hall–Kier alpha value is -1.89. The summed E-state index contributed by atoms with van der Waals surface area (Å²) < 4.78 is 0. The van der Waals surface area contributed by atoms with Gasteiger partial charge in [0.25, 0.3) is 5.91 Å². The van der Waals surface area contributed by atoms with Crippen molar-refractivity contribution in [2.75, 3.05) is 5.32 Å². The van der Waals surface area contributed by atoms with Crippen LogP contribution in [0.15, 0.2) is 24.7 Å². The second-order valence-corrected chi connectivity index (χ2v) is 4.97. The molecule has 0 radical (unpaired) electrons. The summed E-state index contributed by atoms with van der Waals surface area (Å²) in [6.45, 7) is 0. The van der Waals surface area contributed by atoms with Gasteiger partial charge in [-0.1, -0.05) is 34.8 Å². The SMILES string of the molecule is O=C(O)c1cncc(NC(=O)c2ncc(Cl)c(Cl)c2Cl)c1. The summed E-state index contributed by atoms with van der Waals surface area (Å²) in [4.78, 5) is 30.4. The van der Waals surface area contributed by atoms with E-state index in [0.717, 1.165) is 6.20 Å². The van der Waals surface area contributed by atoms with Crippen LogP contribution in [0.4, 0.5) is 5.69 Å². The van der Waals surface area contributed by atoms with Crippen LogP contribution in [-0.2, 0) is 0 Å². The molecule has 0 saturated carbocycles. The highest BCUT2D eigenvalue weighted by atomic mass is 35.5. The zero-order valence-corrected chi connectivity index (χ0v) is 12.4. The number of halogens is 3. The Kier molecular flexibility index (Phi) is 4.62. The maximum Gasteiger partial charge on any atom is 0.337 e. The zero-order valence-electron chi connectivity index (χ0n) is 10.1. The van der Waals surface area contributed by atoms with Gasteiger partial charge in [-0.25, -0.2) is 9.78 Å². The monoisotopic (exact) mass is 345 g/mol. The lowest BCUT2D eigenvalue weighted by atomic mass is 10.2. The largest absolute Gasteiger partial charge is 0.478 e. The summed E-state index contributed by atoms with van der Waals surface area (Å²) in [5, 5.41) is 11.3. The molecule has 2 rings (SSSR count). The second-order valence-electron chi connectivity index (χ2n) is 3.80. The predicted octanol–water partition coefficient (Wildman–Crippen LogP) is 3.39. The minimum absolute atomic E-state index is 0.0101. The Morgan fingerprint density at radius 2 is 1.81 bits per heavy atom. The van der Waals surface area contributed by atoms with Gasteiger partial charge in [-0.2, -0.15) is 0 Å². The molecule has 0 bridgehead atoms. The van der Waals surface area contributed by atoms with E-state index in [2.05, 4.69) is 15.3 Å². The molecule has 6 nitrogen and oxygen atoms in total. The van der Waals surface area contributed by atoms with Gasteiger partial charge in [0.2, 0.25) is 0 Å². The Bertz CT molecular complexity index is 737. The van der Waals surface area contributed by atoms with E-state index in [1.165, 1.54) is 18.5 Å². The molecular weight excluding hydrogens is 341 g/mol. The third-order valence-electron chi connectivity index (χ3n) is 2.38. The van der Waals surface area contributed by atoms with E-state index in [-0.39, 0.29) is 32.0 Å². The molecule has 0 aliphatic heterocycles. The van der Waals surface area contributed by atoms with Crippen LogP contribution in [0.3, 0.4) is 0 Å². The molecule has 2 heterocycles. The van der Waals surface area contributed by atoms with Gasteiger partial charge in [0.05, 0.1) is 32.5 Å². The number of pyridine rings is 2. The van der Waals surface area contributed by atoms with Crippen LogP contribution in [0, 0.1) is 0 Å². The number of aromatic carboxylic acids is 1. The number of amides is 1. The molecule has 0 fully saturated rings. The van der Waals surface area contributed by atoms with E-state index in [1.807, 2.05) is 0 Å². The van der Waals surface area contributed by atoms with E-state index in [4.69, 9.17) is 39.9 Å². The van der Waals surface area contributed by atoms with Gasteiger partial charge >= 0.3 is 5.97 Å². The van der Waals surface area contributed by atoms with E-state index in [1.54, 1.807) is 0 Å². The molecule has 0 aliphatic carbocycles. The smallest absolute Gasteiger partial charge is 0.337 e. The number of nitrogens with one attached hydrogen (secondary N) is 1. The van der Waals surface area contributed by atoms with Crippen LogP contribution < -0.4 is 5.32 Å². The number of hydrogen-bond donors (Lipinski definition) is 2. The lowest BCUT2D eigenvalue weighted by molar-refractivity contribution is 0.0696. The fraction of sp³-hybridized carbons (Fsp3) is 0. The maximum atomic E-state index is 12.0. The molecule has 0 aliphatic rings. The van der Waals surface area contributed by atoms with Gasteiger partial charge in [-0.15, -0.1) is 0 Å². The van der Waals surface area contributed by atoms with Crippen LogP contribution in [0.5, 0.6) is 0 Å². The molecule has 21 heavy (non-hydrogen) atoms. The molecular formula is C12H6Cl3N3O3. The number of hydrogen-bond acceptors (Lipinski definition) is 4. The number of anilines is 1. The summed E-state index contributed by atoms with van der Waals surface area (Å²) in [5.41, 5.74) is -0.0170. The summed E-state index contributed by atoms with van der Waals surface area (Å²) in [6.07, 6.45) is 3.63. The first-order valence-electron chi connectivity index (χ1n) is 5.39. The van der Waals surface area contributed by atoms with E-state index in [9.17, 15) is 9.59 Å². The molecule has 0 spiro atoms. The number of rotatable bonds is 3. The predicted molar refractivity (Wildman–Crippen MR) is 78.4 cm³/mol. The van der Waals surface area contributed by atoms with Crippen molar-refractivity contribution in [2.45, 2.75) is 0 Å². The van der Waals surface area contributed by atoms with Crippen molar-refractivity contribution in [1.82, 2.24) is 9.97 Å². The van der Waals surface area contributed by atoms with Crippen LogP contribution in [0.25, 0.3) is 0 Å². The van der Waals surface area contributed by atoms with E-state index >= 15 is 0 Å². The summed E-state index contributed by atoms with van der Waals surface area (Å²) in [6, 6.07) is 1.25. The highest BCUT2D eigenvalue weighted by Crippen LogP contribution is 2.31. The number of carboxylic acid groups (broad SMARTS) is 1. The van der Waals surface area contributed by atoms with Gasteiger partial charge in [0.1, 0.15) is 5.69 Å². The number of carboxylic acids is 1. The van der Waals surface area contributed by atoms with Gasteiger partial charge < -0.3 is 10.4 Å². The number of nitrogens with zero attached hydrogens (tertiary/aromatic N) is 2. The van der Waals surface area contributed by atoms with Crippen molar-refractivity contribution in [3.8, 4) is 0 Å². The lowest BCUT2D eigenvalue weighted by Gasteiger charge is -2.07. The Labute approximate surface area is 133 Å². The fourth-order valence-corrected chi connectivity index (χ4v) is 1.98. The highest BCUT2D eigenvalue weighted by Gasteiger charge is 2.17. The first-order valence-corrected chi connectivity index (χ1v) is 6.52. The quantitative estimate of drug-likeness (QED) is 0.888. The molecule has 2 aromatic rings. The molecule has 0 saturated heterocycles. The zero-order chi connectivity index (χ0) is 15.6. The van der Waals surface area contributed by atoms with E-state index < -0.39 is 11.9 Å².